The van der Waals surface area contributed by atoms with Crippen molar-refractivity contribution in [3.05, 3.63) is 47.0 Å². The highest BCUT2D eigenvalue weighted by Crippen LogP contribution is 2.24. The lowest BCUT2D eigenvalue weighted by Crippen LogP contribution is -2.03. The van der Waals surface area contributed by atoms with E-state index < -0.39 is 18.2 Å². The molecule has 2 aromatic heterocycles. The van der Waals surface area contributed by atoms with Crippen LogP contribution in [0.2, 0.25) is 5.15 Å². The van der Waals surface area contributed by atoms with Crippen molar-refractivity contribution in [1.29, 1.82) is 0 Å². The van der Waals surface area contributed by atoms with Gasteiger partial charge in [0.2, 0.25) is 0 Å². The molecule has 102 valence electrons. The molecule has 0 saturated carbocycles. The van der Waals surface area contributed by atoms with Crippen LogP contribution >= 0.6 is 11.6 Å². The molecule has 0 fully saturated rings. The molecule has 3 rings (SSSR count). The number of fused-ring (bicyclic) bond motifs is 1. The molecule has 0 unspecified atom stereocenters. The largest absolute Gasteiger partial charge is 0.388 e. The molecule has 1 aromatic carbocycles. The maximum Gasteiger partial charge on any atom is 0.168 e. The van der Waals surface area contributed by atoms with Gasteiger partial charge in [-0.15, -0.1) is 0 Å². The van der Waals surface area contributed by atoms with Crippen LogP contribution in [0.4, 0.5) is 8.78 Å². The molecule has 0 atom stereocenters. The molecule has 2 heterocycles. The van der Waals surface area contributed by atoms with Crippen molar-refractivity contribution in [1.82, 2.24) is 19.7 Å². The molecular weight excluding hydrogens is 290 g/mol. The number of hydrogen-bond donors (Lipinski definition) is 1. The summed E-state index contributed by atoms with van der Waals surface area (Å²) in [5, 5.41) is 13.6. The summed E-state index contributed by atoms with van der Waals surface area (Å²) in [5.41, 5.74) is 0.264. The van der Waals surface area contributed by atoms with Gasteiger partial charge in [-0.2, -0.15) is 5.10 Å². The number of benzene rings is 1. The topological polar surface area (TPSA) is 63.8 Å². The van der Waals surface area contributed by atoms with Crippen molar-refractivity contribution < 1.29 is 13.9 Å². The molecule has 0 saturated heterocycles. The Balaban J connectivity index is 2.28. The van der Waals surface area contributed by atoms with Gasteiger partial charge >= 0.3 is 0 Å². The molecule has 1 N–H and O–H groups in total. The van der Waals surface area contributed by atoms with Crippen LogP contribution in [-0.4, -0.2) is 24.9 Å². The number of hydrogen-bond acceptors (Lipinski definition) is 4. The van der Waals surface area contributed by atoms with Crippen LogP contribution in [0, 0.1) is 11.6 Å². The Kier molecular flexibility index (Phi) is 3.07. The van der Waals surface area contributed by atoms with Crippen LogP contribution in [0.3, 0.4) is 0 Å². The third kappa shape index (κ3) is 2.00. The molecule has 0 radical (unpaired) electrons. The molecule has 20 heavy (non-hydrogen) atoms. The summed E-state index contributed by atoms with van der Waals surface area (Å²) < 4.78 is 27.9. The average molecular weight is 297 g/mol. The van der Waals surface area contributed by atoms with Gasteiger partial charge in [0.15, 0.2) is 17.3 Å². The van der Waals surface area contributed by atoms with Crippen molar-refractivity contribution in [3.8, 4) is 5.69 Å². The number of halogens is 3. The van der Waals surface area contributed by atoms with Gasteiger partial charge in [-0.05, 0) is 12.1 Å². The molecule has 5 nitrogen and oxygen atoms in total. The minimum Gasteiger partial charge on any atom is -0.388 e. The van der Waals surface area contributed by atoms with Crippen molar-refractivity contribution in [3.63, 3.8) is 0 Å². The number of aliphatic hydroxyl groups is 1. The second kappa shape index (κ2) is 4.77. The average Bonchev–Trinajstić information content (AvgIpc) is 2.83. The van der Waals surface area contributed by atoms with Gasteiger partial charge in [-0.3, -0.25) is 0 Å². The van der Waals surface area contributed by atoms with Crippen molar-refractivity contribution in [2.45, 2.75) is 6.61 Å². The normalized spacial score (nSPS) is 11.2. The van der Waals surface area contributed by atoms with Gasteiger partial charge in [0.25, 0.3) is 0 Å². The predicted molar refractivity (Wildman–Crippen MR) is 67.5 cm³/mol. The van der Waals surface area contributed by atoms with Gasteiger partial charge in [-0.1, -0.05) is 11.6 Å². The third-order valence-corrected chi connectivity index (χ3v) is 3.00. The molecular formula is C12H7ClF2N4O. The Morgan fingerprint density at radius 3 is 2.75 bits per heavy atom. The van der Waals surface area contributed by atoms with E-state index in [1.165, 1.54) is 16.9 Å². The van der Waals surface area contributed by atoms with Crippen LogP contribution in [0.1, 0.15) is 5.82 Å². The molecule has 8 heteroatoms. The second-order valence-electron chi connectivity index (χ2n) is 3.98. The monoisotopic (exact) mass is 296 g/mol. The van der Waals surface area contributed by atoms with E-state index in [2.05, 4.69) is 15.1 Å². The highest BCUT2D eigenvalue weighted by Gasteiger charge is 2.15. The Morgan fingerprint density at radius 1 is 1.25 bits per heavy atom. The van der Waals surface area contributed by atoms with Crippen molar-refractivity contribution >= 4 is 22.6 Å². The van der Waals surface area contributed by atoms with Gasteiger partial charge in [0, 0.05) is 6.07 Å². The molecule has 3 aromatic rings. The minimum atomic E-state index is -0.782. The SMILES string of the molecule is OCc1nc(Cl)c2cnn(-c3ccc(F)cc3F)c2n1. The van der Waals surface area contributed by atoms with Gasteiger partial charge < -0.3 is 5.11 Å². The number of aromatic nitrogens is 4. The summed E-state index contributed by atoms with van der Waals surface area (Å²) in [4.78, 5) is 7.91. The fraction of sp³-hybridized carbons (Fsp3) is 0.0833. The van der Waals surface area contributed by atoms with E-state index in [4.69, 9.17) is 16.7 Å². The maximum absolute atomic E-state index is 13.8. The van der Waals surface area contributed by atoms with Gasteiger partial charge in [0.05, 0.1) is 11.6 Å². The second-order valence-corrected chi connectivity index (χ2v) is 4.34. The first-order valence-electron chi connectivity index (χ1n) is 5.56. The van der Waals surface area contributed by atoms with Crippen molar-refractivity contribution in [2.75, 3.05) is 0 Å². The van der Waals surface area contributed by atoms with E-state index in [-0.39, 0.29) is 22.3 Å². The Bertz CT molecular complexity index is 805. The van der Waals surface area contributed by atoms with Crippen LogP contribution in [0.25, 0.3) is 16.7 Å². The summed E-state index contributed by atoms with van der Waals surface area (Å²) in [7, 11) is 0. The number of aliphatic hydroxyl groups excluding tert-OH is 1. The summed E-state index contributed by atoms with van der Waals surface area (Å²) in [6.45, 7) is -0.410. The zero-order valence-corrected chi connectivity index (χ0v) is 10.6. The number of nitrogens with zero attached hydrogens (tertiary/aromatic N) is 4. The van der Waals surface area contributed by atoms with Crippen LogP contribution in [-0.2, 0) is 6.61 Å². The first-order valence-corrected chi connectivity index (χ1v) is 5.94. The van der Waals surface area contributed by atoms with Crippen LogP contribution < -0.4 is 0 Å². The smallest absolute Gasteiger partial charge is 0.168 e. The van der Waals surface area contributed by atoms with E-state index in [1.807, 2.05) is 0 Å². The predicted octanol–water partition coefficient (Wildman–Crippen LogP) is 2.24. The van der Waals surface area contributed by atoms with E-state index in [0.29, 0.717) is 5.39 Å². The summed E-state index contributed by atoms with van der Waals surface area (Å²) >= 11 is 5.94. The highest BCUT2D eigenvalue weighted by molar-refractivity contribution is 6.33. The molecule has 0 aliphatic rings. The lowest BCUT2D eigenvalue weighted by atomic mass is 10.3. The Hall–Kier alpha value is -2.12. The standard InChI is InChI=1S/C12H7ClF2N4O/c13-11-7-4-16-19(12(7)18-10(5-20)17-11)9-2-1-6(14)3-8(9)15/h1-4,20H,5H2. The van der Waals surface area contributed by atoms with Crippen molar-refractivity contribution in [2.24, 2.45) is 0 Å². The van der Waals surface area contributed by atoms with Gasteiger partial charge in [0.1, 0.15) is 23.3 Å². The fourth-order valence-electron chi connectivity index (χ4n) is 1.82. The maximum atomic E-state index is 13.8. The first-order chi connectivity index (χ1) is 9.60. The van der Waals surface area contributed by atoms with E-state index in [9.17, 15) is 8.78 Å². The Labute approximate surface area is 116 Å². The Morgan fingerprint density at radius 2 is 2.05 bits per heavy atom. The van der Waals surface area contributed by atoms with Crippen LogP contribution in [0.5, 0.6) is 0 Å². The quantitative estimate of drug-likeness (QED) is 0.737. The zero-order valence-electron chi connectivity index (χ0n) is 9.89. The van der Waals surface area contributed by atoms with E-state index in [0.717, 1.165) is 12.1 Å². The van der Waals surface area contributed by atoms with E-state index in [1.54, 1.807) is 0 Å². The highest BCUT2D eigenvalue weighted by atomic mass is 35.5. The van der Waals surface area contributed by atoms with Crippen LogP contribution in [0.15, 0.2) is 24.4 Å². The summed E-state index contributed by atoms with van der Waals surface area (Å²) in [6, 6.07) is 3.10. The third-order valence-electron chi connectivity index (χ3n) is 2.71. The first kappa shape index (κ1) is 12.9. The molecule has 0 bridgehead atoms. The molecule has 0 amide bonds. The molecule has 0 aliphatic carbocycles. The molecule has 0 aliphatic heterocycles. The minimum absolute atomic E-state index is 0.0278. The molecule has 0 spiro atoms. The zero-order chi connectivity index (χ0) is 14.3. The lowest BCUT2D eigenvalue weighted by molar-refractivity contribution is 0.271. The number of rotatable bonds is 2. The fourth-order valence-corrected chi connectivity index (χ4v) is 2.05. The lowest BCUT2D eigenvalue weighted by Gasteiger charge is -2.05. The van der Waals surface area contributed by atoms with E-state index >= 15 is 0 Å². The van der Waals surface area contributed by atoms with Gasteiger partial charge in [-0.25, -0.2) is 23.4 Å². The summed E-state index contributed by atoms with van der Waals surface area (Å²) in [6.07, 6.45) is 1.38. The summed E-state index contributed by atoms with van der Waals surface area (Å²) in [5.74, 6) is -1.38.